The van der Waals surface area contributed by atoms with E-state index in [9.17, 15) is 0 Å². The van der Waals surface area contributed by atoms with Crippen LogP contribution in [-0.4, -0.2) is 16.5 Å². The van der Waals surface area contributed by atoms with Crippen molar-refractivity contribution in [3.05, 3.63) is 35.9 Å². The van der Waals surface area contributed by atoms with Gasteiger partial charge in [0, 0.05) is 11.3 Å². The first-order valence-corrected chi connectivity index (χ1v) is 6.64. The Labute approximate surface area is 102 Å². The Balaban J connectivity index is 1.97. The highest BCUT2D eigenvalue weighted by Gasteiger charge is 2.23. The van der Waals surface area contributed by atoms with Crippen molar-refractivity contribution in [2.24, 2.45) is 4.99 Å². The molecule has 0 spiro atoms. The van der Waals surface area contributed by atoms with Gasteiger partial charge in [0.15, 0.2) is 5.17 Å². The molecule has 1 aromatic rings. The largest absolute Gasteiger partial charge is 0.360 e. The summed E-state index contributed by atoms with van der Waals surface area (Å²) in [5, 5.41) is 4.56. The molecule has 0 aromatic heterocycles. The Morgan fingerprint density at radius 2 is 2.06 bits per heavy atom. The summed E-state index contributed by atoms with van der Waals surface area (Å²) in [5.41, 5.74) is 1.46. The van der Waals surface area contributed by atoms with Crippen LogP contribution < -0.4 is 5.32 Å². The van der Waals surface area contributed by atoms with Crippen LogP contribution in [0.3, 0.4) is 0 Å². The number of aliphatic imine (C=N–C) groups is 1. The number of nitrogens with zero attached hydrogens (tertiary/aromatic N) is 1. The van der Waals surface area contributed by atoms with E-state index in [1.165, 1.54) is 12.0 Å². The Morgan fingerprint density at radius 1 is 1.31 bits per heavy atom. The van der Waals surface area contributed by atoms with Crippen molar-refractivity contribution in [1.29, 1.82) is 0 Å². The second-order valence-corrected chi connectivity index (χ2v) is 5.80. The van der Waals surface area contributed by atoms with Gasteiger partial charge < -0.3 is 5.32 Å². The highest BCUT2D eigenvalue weighted by molar-refractivity contribution is 8.13. The van der Waals surface area contributed by atoms with Gasteiger partial charge >= 0.3 is 0 Å². The predicted molar refractivity (Wildman–Crippen MR) is 71.9 cm³/mol. The Morgan fingerprint density at radius 3 is 2.75 bits per heavy atom. The van der Waals surface area contributed by atoms with Crippen LogP contribution in [0.5, 0.6) is 0 Å². The Hall–Kier alpha value is -0.960. The topological polar surface area (TPSA) is 24.4 Å². The van der Waals surface area contributed by atoms with Crippen LogP contribution in [0.1, 0.15) is 25.8 Å². The van der Waals surface area contributed by atoms with Gasteiger partial charge in [-0.3, -0.25) is 4.99 Å². The van der Waals surface area contributed by atoms with Gasteiger partial charge in [0.25, 0.3) is 0 Å². The zero-order valence-corrected chi connectivity index (χ0v) is 10.7. The molecule has 0 amide bonds. The Bertz CT molecular complexity index is 371. The van der Waals surface area contributed by atoms with Crippen LogP contribution in [0.25, 0.3) is 0 Å². The molecule has 1 aliphatic rings. The van der Waals surface area contributed by atoms with Crippen molar-refractivity contribution < 1.29 is 0 Å². The third kappa shape index (κ3) is 3.27. The molecule has 2 rings (SSSR count). The number of thioether (sulfide) groups is 1. The molecule has 0 saturated carbocycles. The van der Waals surface area contributed by atoms with Crippen LogP contribution in [0, 0.1) is 0 Å². The molecular formula is C13H18N2S. The lowest BCUT2D eigenvalue weighted by molar-refractivity contribution is 0.446. The minimum atomic E-state index is 0.195. The fraction of sp³-hybridized carbons (Fsp3) is 0.462. The summed E-state index contributed by atoms with van der Waals surface area (Å²) in [6.45, 7) is 5.22. The molecule has 1 aliphatic heterocycles. The number of hydrogen-bond acceptors (Lipinski definition) is 2. The van der Waals surface area contributed by atoms with E-state index in [0.29, 0.717) is 0 Å². The molecule has 1 fully saturated rings. The van der Waals surface area contributed by atoms with Crippen LogP contribution in [0.4, 0.5) is 0 Å². The molecule has 1 saturated heterocycles. The molecule has 1 N–H and O–H groups in total. The average Bonchev–Trinajstić information content (AvgIpc) is 2.27. The van der Waals surface area contributed by atoms with Gasteiger partial charge in [-0.15, -0.1) is 0 Å². The summed E-state index contributed by atoms with van der Waals surface area (Å²) >= 11 is 1.82. The molecule has 0 unspecified atom stereocenters. The molecule has 0 atom stereocenters. The van der Waals surface area contributed by atoms with Crippen molar-refractivity contribution in [1.82, 2.24) is 5.32 Å². The van der Waals surface area contributed by atoms with E-state index in [0.717, 1.165) is 17.5 Å². The van der Waals surface area contributed by atoms with E-state index < -0.39 is 0 Å². The number of nitrogens with one attached hydrogen (secondary N) is 1. The molecule has 0 bridgehead atoms. The average molecular weight is 234 g/mol. The molecule has 1 aromatic carbocycles. The van der Waals surface area contributed by atoms with Crippen molar-refractivity contribution in [3.63, 3.8) is 0 Å². The lowest BCUT2D eigenvalue weighted by Crippen LogP contribution is -2.46. The van der Waals surface area contributed by atoms with Crippen molar-refractivity contribution in [3.8, 4) is 0 Å². The maximum absolute atomic E-state index is 4.62. The number of benzene rings is 1. The van der Waals surface area contributed by atoms with E-state index in [1.807, 2.05) is 17.8 Å². The fourth-order valence-electron chi connectivity index (χ4n) is 1.62. The molecule has 0 radical (unpaired) electrons. The maximum atomic E-state index is 4.62. The fourth-order valence-corrected chi connectivity index (χ4v) is 2.93. The van der Waals surface area contributed by atoms with Gasteiger partial charge in [-0.2, -0.15) is 0 Å². The van der Waals surface area contributed by atoms with Crippen LogP contribution >= 0.6 is 11.8 Å². The van der Waals surface area contributed by atoms with E-state index in [4.69, 9.17) is 0 Å². The second-order valence-electron chi connectivity index (χ2n) is 4.71. The summed E-state index contributed by atoms with van der Waals surface area (Å²) in [6, 6.07) is 10.4. The third-order valence-corrected chi connectivity index (χ3v) is 3.57. The first kappa shape index (κ1) is 11.5. The highest BCUT2D eigenvalue weighted by Crippen LogP contribution is 2.21. The highest BCUT2D eigenvalue weighted by atomic mass is 32.2. The maximum Gasteiger partial charge on any atom is 0.157 e. The normalized spacial score (nSPS) is 21.8. The molecule has 3 heteroatoms. The zero-order chi connectivity index (χ0) is 11.4. The van der Waals surface area contributed by atoms with Gasteiger partial charge in [0.2, 0.25) is 0 Å². The number of amidine groups is 1. The van der Waals surface area contributed by atoms with Crippen LogP contribution in [-0.2, 0) is 6.54 Å². The van der Waals surface area contributed by atoms with Crippen LogP contribution in [0.2, 0.25) is 0 Å². The van der Waals surface area contributed by atoms with Gasteiger partial charge in [-0.25, -0.2) is 0 Å². The molecule has 86 valence electrons. The number of rotatable bonds is 2. The van der Waals surface area contributed by atoms with E-state index >= 15 is 0 Å². The van der Waals surface area contributed by atoms with E-state index in [-0.39, 0.29) is 5.54 Å². The van der Waals surface area contributed by atoms with Gasteiger partial charge in [-0.05, 0) is 25.8 Å². The first-order valence-electron chi connectivity index (χ1n) is 5.65. The molecular weight excluding hydrogens is 216 g/mol. The standard InChI is InChI=1S/C13H18N2S/c1-13(2)8-9-16-12(15-13)14-10-11-6-4-3-5-7-11/h3-7H,8-10H2,1-2H3,(H,14,15). The van der Waals surface area contributed by atoms with E-state index in [2.05, 4.69) is 48.4 Å². The number of hydrogen-bond donors (Lipinski definition) is 1. The molecule has 0 aliphatic carbocycles. The SMILES string of the molecule is CC1(C)CCSC(=NCc2ccccc2)N1. The zero-order valence-electron chi connectivity index (χ0n) is 9.86. The molecule has 1 heterocycles. The predicted octanol–water partition coefficient (Wildman–Crippen LogP) is 3.05. The smallest absolute Gasteiger partial charge is 0.157 e. The third-order valence-electron chi connectivity index (χ3n) is 2.66. The summed E-state index contributed by atoms with van der Waals surface area (Å²) in [7, 11) is 0. The van der Waals surface area contributed by atoms with Crippen LogP contribution in [0.15, 0.2) is 35.3 Å². The second kappa shape index (κ2) is 4.91. The van der Waals surface area contributed by atoms with Crippen molar-refractivity contribution >= 4 is 16.9 Å². The molecule has 2 nitrogen and oxygen atoms in total. The summed E-state index contributed by atoms with van der Waals surface area (Å²) in [6.07, 6.45) is 1.20. The lowest BCUT2D eigenvalue weighted by Gasteiger charge is -2.32. The lowest BCUT2D eigenvalue weighted by atomic mass is 10.0. The summed E-state index contributed by atoms with van der Waals surface area (Å²) < 4.78 is 0. The van der Waals surface area contributed by atoms with Gasteiger partial charge in [0.05, 0.1) is 6.54 Å². The molecule has 16 heavy (non-hydrogen) atoms. The first-order chi connectivity index (χ1) is 7.66. The van der Waals surface area contributed by atoms with Gasteiger partial charge in [-0.1, -0.05) is 42.1 Å². The van der Waals surface area contributed by atoms with E-state index in [1.54, 1.807) is 0 Å². The summed E-state index contributed by atoms with van der Waals surface area (Å²) in [4.78, 5) is 4.62. The monoisotopic (exact) mass is 234 g/mol. The van der Waals surface area contributed by atoms with Crippen molar-refractivity contribution in [2.45, 2.75) is 32.4 Å². The van der Waals surface area contributed by atoms with Crippen molar-refractivity contribution in [2.75, 3.05) is 5.75 Å². The van der Waals surface area contributed by atoms with Gasteiger partial charge in [0.1, 0.15) is 0 Å². The minimum absolute atomic E-state index is 0.195. The summed E-state index contributed by atoms with van der Waals surface area (Å²) in [5.74, 6) is 1.16. The Kier molecular flexibility index (Phi) is 3.54. The quantitative estimate of drug-likeness (QED) is 0.850. The minimum Gasteiger partial charge on any atom is -0.360 e.